The van der Waals surface area contributed by atoms with E-state index in [1.165, 1.54) is 0 Å². The van der Waals surface area contributed by atoms with E-state index >= 15 is 0 Å². The van der Waals surface area contributed by atoms with E-state index in [0.29, 0.717) is 30.2 Å². The number of carbonyl (C=O) groups excluding carboxylic acids is 1. The number of Topliss-reactive ketones (excluding diaryl/α,β-unsaturated/α-hetero) is 1. The average molecular weight is 539 g/mol. The largest absolute Gasteiger partial charge is 0.492 e. The predicted molar refractivity (Wildman–Crippen MR) is 153 cm³/mol. The van der Waals surface area contributed by atoms with Gasteiger partial charge < -0.3 is 9.84 Å². The maximum absolute atomic E-state index is 13.6. The number of ether oxygens (including phenoxy) is 1. The quantitative estimate of drug-likeness (QED) is 0.285. The zero-order valence-electron chi connectivity index (χ0n) is 23.1. The predicted octanol–water partition coefficient (Wildman–Crippen LogP) is 3.87. The van der Waals surface area contributed by atoms with E-state index < -0.39 is 0 Å². The van der Waals surface area contributed by atoms with Gasteiger partial charge in [0.15, 0.2) is 5.78 Å². The van der Waals surface area contributed by atoms with Gasteiger partial charge in [-0.05, 0) is 56.6 Å². The van der Waals surface area contributed by atoms with E-state index in [9.17, 15) is 9.90 Å². The number of aliphatic hydroxyl groups excluding tert-OH is 1. The molecule has 1 fully saturated rings. The number of likely N-dealkylation sites (tertiary alicyclic amines) is 1. The van der Waals surface area contributed by atoms with Crippen molar-refractivity contribution in [2.24, 2.45) is 0 Å². The summed E-state index contributed by atoms with van der Waals surface area (Å²) in [5.74, 6) is 0.650. The molecule has 0 spiro atoms. The Morgan fingerprint density at radius 1 is 1.18 bits per heavy atom. The average Bonchev–Trinajstić information content (AvgIpc) is 3.63. The van der Waals surface area contributed by atoms with Crippen LogP contribution in [0.5, 0.6) is 5.75 Å². The minimum absolute atomic E-state index is 0.0143. The number of carbonyl (C=O) groups is 1. The third-order valence-electron chi connectivity index (χ3n) is 7.86. The van der Waals surface area contributed by atoms with Crippen molar-refractivity contribution in [3.63, 3.8) is 0 Å². The van der Waals surface area contributed by atoms with E-state index in [0.717, 1.165) is 52.9 Å². The van der Waals surface area contributed by atoms with Crippen LogP contribution >= 0.6 is 0 Å². The molecule has 9 nitrogen and oxygen atoms in total. The van der Waals surface area contributed by atoms with Crippen LogP contribution in [0.3, 0.4) is 0 Å². The number of benzene rings is 1. The van der Waals surface area contributed by atoms with Gasteiger partial charge in [-0.3, -0.25) is 23.8 Å². The minimum Gasteiger partial charge on any atom is -0.492 e. The first-order valence-electron chi connectivity index (χ1n) is 13.8. The fourth-order valence-corrected chi connectivity index (χ4v) is 5.67. The zero-order chi connectivity index (χ0) is 27.8. The Kier molecular flexibility index (Phi) is 7.08. The van der Waals surface area contributed by atoms with E-state index in [1.807, 2.05) is 67.3 Å². The lowest BCUT2D eigenvalue weighted by atomic mass is 10.0. The molecule has 40 heavy (non-hydrogen) atoms. The molecular formula is C31H34N6O3. The molecule has 0 unspecified atom stereocenters. The summed E-state index contributed by atoms with van der Waals surface area (Å²) >= 11 is 0. The SMILES string of the molecule is CCc1nn(Cc2cccc(C)n2)c2cccc(CC(=O)c3cnc4cc(OC[C@@H]5[C@@H](O)CCN5C)ccn34)c12. The van der Waals surface area contributed by atoms with Crippen molar-refractivity contribution < 1.29 is 14.6 Å². The molecule has 6 rings (SSSR count). The van der Waals surface area contributed by atoms with Crippen LogP contribution in [0, 0.1) is 6.92 Å². The van der Waals surface area contributed by atoms with E-state index in [-0.39, 0.29) is 24.3 Å². The smallest absolute Gasteiger partial charge is 0.185 e. The lowest BCUT2D eigenvalue weighted by Crippen LogP contribution is -2.37. The molecule has 1 aliphatic rings. The van der Waals surface area contributed by atoms with Crippen molar-refractivity contribution in [2.75, 3.05) is 20.2 Å². The summed E-state index contributed by atoms with van der Waals surface area (Å²) in [6.45, 7) is 5.91. The second-order valence-corrected chi connectivity index (χ2v) is 10.6. The van der Waals surface area contributed by atoms with Gasteiger partial charge in [0, 0.05) is 36.3 Å². The fraction of sp³-hybridized carbons (Fsp3) is 0.355. The zero-order valence-corrected chi connectivity index (χ0v) is 23.1. The molecule has 1 aliphatic heterocycles. The van der Waals surface area contributed by atoms with Crippen LogP contribution in [-0.2, 0) is 19.4 Å². The molecule has 0 radical (unpaired) electrons. The summed E-state index contributed by atoms with van der Waals surface area (Å²) in [5.41, 5.74) is 6.03. The van der Waals surface area contributed by atoms with Crippen molar-refractivity contribution in [1.82, 2.24) is 29.0 Å². The number of imidazole rings is 1. The highest BCUT2D eigenvalue weighted by Gasteiger charge is 2.30. The van der Waals surface area contributed by atoms with Crippen molar-refractivity contribution in [2.45, 2.75) is 51.8 Å². The number of ketones is 1. The monoisotopic (exact) mass is 538 g/mol. The number of hydrogen-bond donors (Lipinski definition) is 1. The third kappa shape index (κ3) is 4.98. The number of aryl methyl sites for hydroxylation is 2. The molecule has 0 aliphatic carbocycles. The summed E-state index contributed by atoms with van der Waals surface area (Å²) in [5, 5.41) is 16.1. The summed E-state index contributed by atoms with van der Waals surface area (Å²) < 4.78 is 9.77. The van der Waals surface area contributed by atoms with Crippen molar-refractivity contribution in [3.8, 4) is 5.75 Å². The first-order chi connectivity index (χ1) is 19.4. The Labute approximate surface area is 233 Å². The summed E-state index contributed by atoms with van der Waals surface area (Å²) in [4.78, 5) is 24.8. The molecule has 206 valence electrons. The van der Waals surface area contributed by atoms with Gasteiger partial charge in [0.05, 0.1) is 41.8 Å². The van der Waals surface area contributed by atoms with Crippen molar-refractivity contribution >= 4 is 22.3 Å². The molecule has 1 N–H and O–H groups in total. The van der Waals surface area contributed by atoms with Gasteiger partial charge in [0.25, 0.3) is 0 Å². The Bertz CT molecular complexity index is 1680. The van der Waals surface area contributed by atoms with Gasteiger partial charge in [0.2, 0.25) is 0 Å². The van der Waals surface area contributed by atoms with Crippen LogP contribution in [0.2, 0.25) is 0 Å². The molecule has 0 bridgehead atoms. The van der Waals surface area contributed by atoms with Gasteiger partial charge in [-0.2, -0.15) is 5.10 Å². The molecule has 2 atom stereocenters. The highest BCUT2D eigenvalue weighted by atomic mass is 16.5. The van der Waals surface area contributed by atoms with Crippen LogP contribution < -0.4 is 4.74 Å². The van der Waals surface area contributed by atoms with E-state index in [4.69, 9.17) is 9.84 Å². The Hall–Kier alpha value is -4.08. The molecule has 4 aromatic heterocycles. The van der Waals surface area contributed by atoms with Crippen molar-refractivity contribution in [1.29, 1.82) is 0 Å². The summed E-state index contributed by atoms with van der Waals surface area (Å²) in [6, 6.07) is 15.7. The summed E-state index contributed by atoms with van der Waals surface area (Å²) in [6.07, 6.45) is 4.84. The first kappa shape index (κ1) is 26.2. The van der Waals surface area contributed by atoms with E-state index in [1.54, 1.807) is 10.6 Å². The molecule has 1 saturated heterocycles. The minimum atomic E-state index is -0.381. The van der Waals surface area contributed by atoms with Gasteiger partial charge in [0.1, 0.15) is 23.7 Å². The number of likely N-dealkylation sites (N-methyl/N-ethyl adjacent to an activating group) is 1. The maximum Gasteiger partial charge on any atom is 0.185 e. The van der Waals surface area contributed by atoms with Gasteiger partial charge in [-0.25, -0.2) is 4.98 Å². The number of rotatable bonds is 9. The lowest BCUT2D eigenvalue weighted by Gasteiger charge is -2.22. The molecule has 0 amide bonds. The molecule has 0 saturated carbocycles. The number of fused-ring (bicyclic) bond motifs is 2. The van der Waals surface area contributed by atoms with Gasteiger partial charge >= 0.3 is 0 Å². The van der Waals surface area contributed by atoms with Crippen LogP contribution in [0.15, 0.2) is 60.9 Å². The van der Waals surface area contributed by atoms with Gasteiger partial charge in [-0.15, -0.1) is 0 Å². The lowest BCUT2D eigenvalue weighted by molar-refractivity contribution is 0.0901. The van der Waals surface area contributed by atoms with Crippen molar-refractivity contribution in [3.05, 3.63) is 89.3 Å². The normalized spacial score (nSPS) is 17.7. The van der Waals surface area contributed by atoms with Crippen LogP contribution in [-0.4, -0.2) is 72.3 Å². The topological polar surface area (TPSA) is 97.8 Å². The third-order valence-corrected chi connectivity index (χ3v) is 7.86. The molecule has 5 aromatic rings. The van der Waals surface area contributed by atoms with Crippen LogP contribution in [0.4, 0.5) is 0 Å². The number of pyridine rings is 2. The number of aromatic nitrogens is 5. The maximum atomic E-state index is 13.6. The highest BCUT2D eigenvalue weighted by Crippen LogP contribution is 2.26. The standard InChI is InChI=1S/C31H34N6O3/c1-4-24-31-21(8-6-10-25(31)37(34-24)18-22-9-5-7-20(2)33-22)15-29(39)26-17-32-30-16-23(11-14-36(26)30)40-19-27-28(38)12-13-35(27)3/h5-11,14,16-17,27-28,38H,4,12-13,15,18-19H2,1-3H3/t27-,28+/m1/s1. The molecule has 1 aromatic carbocycles. The summed E-state index contributed by atoms with van der Waals surface area (Å²) in [7, 11) is 2.00. The van der Waals surface area contributed by atoms with Crippen LogP contribution in [0.1, 0.15) is 46.5 Å². The Balaban J connectivity index is 1.23. The molecule has 9 heteroatoms. The first-order valence-corrected chi connectivity index (χ1v) is 13.8. The van der Waals surface area contributed by atoms with E-state index in [2.05, 4.69) is 27.9 Å². The highest BCUT2D eigenvalue weighted by molar-refractivity contribution is 5.99. The Morgan fingerprint density at radius 2 is 2.02 bits per heavy atom. The number of nitrogens with zero attached hydrogens (tertiary/aromatic N) is 6. The number of hydrogen-bond acceptors (Lipinski definition) is 7. The molecule has 5 heterocycles. The molecular weight excluding hydrogens is 504 g/mol. The second kappa shape index (κ2) is 10.8. The van der Waals surface area contributed by atoms with Gasteiger partial charge in [-0.1, -0.05) is 25.1 Å². The fourth-order valence-electron chi connectivity index (χ4n) is 5.67. The van der Waals surface area contributed by atoms with Crippen LogP contribution in [0.25, 0.3) is 16.6 Å². The Morgan fingerprint density at radius 3 is 2.80 bits per heavy atom. The number of aliphatic hydroxyl groups is 1. The second-order valence-electron chi connectivity index (χ2n) is 10.6.